The smallest absolute Gasteiger partial charge is 0.233 e. The molecule has 6 heteroatoms. The Bertz CT molecular complexity index is 932. The third-order valence-electron chi connectivity index (χ3n) is 4.57. The highest BCUT2D eigenvalue weighted by molar-refractivity contribution is 8.00. The van der Waals surface area contributed by atoms with Crippen LogP contribution in [0.2, 0.25) is 0 Å². The molecule has 1 atom stereocenters. The van der Waals surface area contributed by atoms with Crippen LogP contribution in [0.25, 0.3) is 16.6 Å². The molecule has 2 heterocycles. The van der Waals surface area contributed by atoms with E-state index in [0.717, 1.165) is 22.7 Å². The van der Waals surface area contributed by atoms with E-state index < -0.39 is 0 Å². The molecule has 0 spiro atoms. The molecule has 0 fully saturated rings. The quantitative estimate of drug-likeness (QED) is 0.703. The molecular weight excluding hydrogens is 332 g/mol. The van der Waals surface area contributed by atoms with Gasteiger partial charge in [0.1, 0.15) is 0 Å². The lowest BCUT2D eigenvalue weighted by Crippen LogP contribution is -2.46. The van der Waals surface area contributed by atoms with Crippen molar-refractivity contribution in [3.05, 3.63) is 35.9 Å². The van der Waals surface area contributed by atoms with Crippen LogP contribution in [0.3, 0.4) is 0 Å². The minimum Gasteiger partial charge on any atom is -0.350 e. The number of carbonyl (C=O) groups excluding carboxylic acids is 1. The van der Waals surface area contributed by atoms with Crippen LogP contribution in [0.1, 0.15) is 39.7 Å². The van der Waals surface area contributed by atoms with Crippen molar-refractivity contribution in [1.29, 1.82) is 0 Å². The van der Waals surface area contributed by atoms with Crippen LogP contribution in [0.5, 0.6) is 0 Å². The fourth-order valence-corrected chi connectivity index (χ4v) is 3.55. The van der Waals surface area contributed by atoms with Crippen molar-refractivity contribution in [2.45, 2.75) is 57.0 Å². The average molecular weight is 356 g/mol. The molecule has 1 aromatic carbocycles. The number of carbonyl (C=O) groups is 1. The van der Waals surface area contributed by atoms with Crippen LogP contribution >= 0.6 is 11.8 Å². The van der Waals surface area contributed by atoms with Crippen molar-refractivity contribution in [2.75, 3.05) is 0 Å². The van der Waals surface area contributed by atoms with Crippen LogP contribution in [0.4, 0.5) is 0 Å². The molecule has 1 amide bonds. The maximum absolute atomic E-state index is 12.5. The highest BCUT2D eigenvalue weighted by Crippen LogP contribution is 2.28. The van der Waals surface area contributed by atoms with Crippen LogP contribution in [-0.2, 0) is 4.79 Å². The maximum Gasteiger partial charge on any atom is 0.233 e. The topological polar surface area (TPSA) is 59.3 Å². The lowest BCUT2D eigenvalue weighted by molar-refractivity contribution is -0.121. The van der Waals surface area contributed by atoms with E-state index in [2.05, 4.69) is 41.5 Å². The molecule has 0 aliphatic rings. The molecule has 1 N–H and O–H groups in total. The van der Waals surface area contributed by atoms with Crippen LogP contribution in [0, 0.1) is 6.92 Å². The predicted molar refractivity (Wildman–Crippen MR) is 103 cm³/mol. The second-order valence-corrected chi connectivity index (χ2v) is 8.32. The zero-order chi connectivity index (χ0) is 18.2. The monoisotopic (exact) mass is 356 g/mol. The Balaban J connectivity index is 1.95. The summed E-state index contributed by atoms with van der Waals surface area (Å²) >= 11 is 1.44. The van der Waals surface area contributed by atoms with E-state index >= 15 is 0 Å². The Morgan fingerprint density at radius 3 is 2.76 bits per heavy atom. The summed E-state index contributed by atoms with van der Waals surface area (Å²) in [5, 5.41) is 13.4. The van der Waals surface area contributed by atoms with Gasteiger partial charge in [-0.05, 0) is 51.8 Å². The van der Waals surface area contributed by atoms with E-state index in [4.69, 9.17) is 0 Å². The van der Waals surface area contributed by atoms with Gasteiger partial charge in [-0.25, -0.2) is 0 Å². The summed E-state index contributed by atoms with van der Waals surface area (Å²) in [7, 11) is 0. The standard InChI is InChI=1S/C19H24N4OS/c1-6-19(4,5)20-17(24)13(3)25-18-22-21-16-11-12(2)14-9-7-8-10-15(14)23(16)18/h7-11,13H,6H2,1-5H3,(H,20,24). The largest absolute Gasteiger partial charge is 0.350 e. The Labute approximate surface area is 152 Å². The van der Waals surface area contributed by atoms with Crippen molar-refractivity contribution in [1.82, 2.24) is 19.9 Å². The second-order valence-electron chi connectivity index (χ2n) is 7.01. The molecule has 2 aromatic heterocycles. The van der Waals surface area contributed by atoms with Crippen molar-refractivity contribution in [2.24, 2.45) is 0 Å². The van der Waals surface area contributed by atoms with Gasteiger partial charge in [0.25, 0.3) is 0 Å². The van der Waals surface area contributed by atoms with Gasteiger partial charge in [-0.3, -0.25) is 9.20 Å². The zero-order valence-corrected chi connectivity index (χ0v) is 16.1. The third-order valence-corrected chi connectivity index (χ3v) is 5.61. The third kappa shape index (κ3) is 3.49. The zero-order valence-electron chi connectivity index (χ0n) is 15.3. The normalized spacial score (nSPS) is 13.3. The van der Waals surface area contributed by atoms with Gasteiger partial charge in [0.15, 0.2) is 10.8 Å². The molecule has 0 radical (unpaired) electrons. The van der Waals surface area contributed by atoms with Crippen molar-refractivity contribution in [3.8, 4) is 0 Å². The van der Waals surface area contributed by atoms with Crippen molar-refractivity contribution < 1.29 is 4.79 Å². The number of fused-ring (bicyclic) bond motifs is 3. The number of benzene rings is 1. The number of amides is 1. The summed E-state index contributed by atoms with van der Waals surface area (Å²) in [5.74, 6) is 0.0185. The Kier molecular flexibility index (Phi) is 4.73. The molecule has 5 nitrogen and oxygen atoms in total. The Hall–Kier alpha value is -2.08. The lowest BCUT2D eigenvalue weighted by Gasteiger charge is -2.26. The summed E-state index contributed by atoms with van der Waals surface area (Å²) in [5.41, 5.74) is 2.83. The van der Waals surface area contributed by atoms with Gasteiger partial charge in [0.2, 0.25) is 5.91 Å². The molecule has 0 aliphatic carbocycles. The minimum absolute atomic E-state index is 0.0185. The van der Waals surface area contributed by atoms with Gasteiger partial charge in [-0.1, -0.05) is 36.9 Å². The van der Waals surface area contributed by atoms with E-state index in [0.29, 0.717) is 0 Å². The first-order chi connectivity index (χ1) is 11.8. The van der Waals surface area contributed by atoms with E-state index in [-0.39, 0.29) is 16.7 Å². The van der Waals surface area contributed by atoms with Crippen LogP contribution < -0.4 is 5.32 Å². The molecule has 1 unspecified atom stereocenters. The Morgan fingerprint density at radius 1 is 1.32 bits per heavy atom. The van der Waals surface area contributed by atoms with E-state index in [1.54, 1.807) is 0 Å². The van der Waals surface area contributed by atoms with Gasteiger partial charge in [0.05, 0.1) is 10.8 Å². The van der Waals surface area contributed by atoms with Crippen LogP contribution in [0.15, 0.2) is 35.5 Å². The summed E-state index contributed by atoms with van der Waals surface area (Å²) in [6.45, 7) is 10.1. The number of pyridine rings is 1. The SMILES string of the molecule is CCC(C)(C)NC(=O)C(C)Sc1nnc2cc(C)c3ccccc3n12. The molecule has 3 rings (SSSR count). The molecule has 0 saturated carbocycles. The number of aryl methyl sites for hydroxylation is 1. The number of nitrogens with zero attached hydrogens (tertiary/aromatic N) is 3. The van der Waals surface area contributed by atoms with Gasteiger partial charge < -0.3 is 5.32 Å². The first-order valence-electron chi connectivity index (χ1n) is 8.54. The molecule has 0 aliphatic heterocycles. The highest BCUT2D eigenvalue weighted by Gasteiger charge is 2.24. The second kappa shape index (κ2) is 6.67. The van der Waals surface area contributed by atoms with Gasteiger partial charge in [-0.15, -0.1) is 10.2 Å². The van der Waals surface area contributed by atoms with Crippen LogP contribution in [-0.4, -0.2) is 31.3 Å². The van der Waals surface area contributed by atoms with E-state index in [1.165, 1.54) is 22.7 Å². The molecule has 0 bridgehead atoms. The number of nitrogens with one attached hydrogen (secondary N) is 1. The predicted octanol–water partition coefficient (Wildman–Crippen LogP) is 3.98. The number of para-hydroxylation sites is 1. The molecule has 3 aromatic rings. The molecule has 25 heavy (non-hydrogen) atoms. The van der Waals surface area contributed by atoms with E-state index in [9.17, 15) is 4.79 Å². The van der Waals surface area contributed by atoms with E-state index in [1.807, 2.05) is 43.4 Å². The summed E-state index contributed by atoms with van der Waals surface area (Å²) < 4.78 is 2.03. The fraction of sp³-hybridized carbons (Fsp3) is 0.421. The van der Waals surface area contributed by atoms with Gasteiger partial charge in [0, 0.05) is 10.9 Å². The maximum atomic E-state index is 12.5. The number of thioether (sulfide) groups is 1. The number of hydrogen-bond acceptors (Lipinski definition) is 4. The lowest BCUT2D eigenvalue weighted by atomic mass is 10.0. The fourth-order valence-electron chi connectivity index (χ4n) is 2.69. The van der Waals surface area contributed by atoms with Gasteiger partial charge in [-0.2, -0.15) is 0 Å². The number of rotatable bonds is 5. The number of aromatic nitrogens is 3. The summed E-state index contributed by atoms with van der Waals surface area (Å²) in [4.78, 5) is 12.5. The van der Waals surface area contributed by atoms with Gasteiger partial charge >= 0.3 is 0 Å². The molecule has 0 saturated heterocycles. The minimum atomic E-state index is -0.252. The average Bonchev–Trinajstić information content (AvgIpc) is 2.97. The molecule has 132 valence electrons. The van der Waals surface area contributed by atoms with Crippen molar-refractivity contribution in [3.63, 3.8) is 0 Å². The summed E-state index contributed by atoms with van der Waals surface area (Å²) in [6, 6.07) is 10.2. The summed E-state index contributed by atoms with van der Waals surface area (Å²) in [6.07, 6.45) is 0.883. The highest BCUT2D eigenvalue weighted by atomic mass is 32.2. The Morgan fingerprint density at radius 2 is 2.04 bits per heavy atom. The van der Waals surface area contributed by atoms with Crippen molar-refractivity contribution >= 4 is 34.2 Å². The first-order valence-corrected chi connectivity index (χ1v) is 9.42. The number of hydrogen-bond donors (Lipinski definition) is 1. The first kappa shape index (κ1) is 17.7. The molecular formula is C19H24N4OS.